The van der Waals surface area contributed by atoms with E-state index in [1.165, 1.54) is 0 Å². The average molecular weight is 470 g/mol. The zero-order chi connectivity index (χ0) is 24.6. The Hall–Kier alpha value is -4.59. The molecule has 0 spiro atoms. The molecule has 0 bridgehead atoms. The highest BCUT2D eigenvalue weighted by Crippen LogP contribution is 2.30. The fraction of sp³-hybridized carbons (Fsp3) is 0.148. The summed E-state index contributed by atoms with van der Waals surface area (Å²) in [6.07, 6.45) is 1.01. The van der Waals surface area contributed by atoms with Gasteiger partial charge in [0.15, 0.2) is 0 Å². The van der Waals surface area contributed by atoms with Crippen LogP contribution in [0.2, 0.25) is 0 Å². The number of imidazole rings is 1. The monoisotopic (exact) mass is 469 g/mol. The second-order valence-electron chi connectivity index (χ2n) is 7.95. The predicted molar refractivity (Wildman–Crippen MR) is 137 cm³/mol. The molecule has 4 N–H and O–H groups in total. The molecular weight excluding hydrogens is 442 g/mol. The van der Waals surface area contributed by atoms with Gasteiger partial charge in [0, 0.05) is 29.5 Å². The van der Waals surface area contributed by atoms with Gasteiger partial charge in [-0.2, -0.15) is 0 Å². The first-order chi connectivity index (χ1) is 17.0. The van der Waals surface area contributed by atoms with Gasteiger partial charge in [-0.25, -0.2) is 9.78 Å². The minimum atomic E-state index is -0.766. The maximum Gasteiger partial charge on any atom is 0.408 e. The number of benzene rings is 3. The number of nitrogens with one attached hydrogen (secondary N) is 4. The van der Waals surface area contributed by atoms with Crippen molar-refractivity contribution in [3.05, 3.63) is 90.8 Å². The molecule has 178 valence electrons. The molecule has 0 saturated carbocycles. The van der Waals surface area contributed by atoms with Crippen molar-refractivity contribution in [3.8, 4) is 22.5 Å². The SMILES string of the molecule is CNc1ccc(-c2nc[nH]c2-c2ccc(NC(=O)[C@H](C)NC(=O)OCc3ccccc3)cc2)cc1. The van der Waals surface area contributed by atoms with E-state index in [-0.39, 0.29) is 12.5 Å². The van der Waals surface area contributed by atoms with E-state index < -0.39 is 12.1 Å². The summed E-state index contributed by atoms with van der Waals surface area (Å²) in [5.74, 6) is -0.346. The zero-order valence-corrected chi connectivity index (χ0v) is 19.5. The highest BCUT2D eigenvalue weighted by atomic mass is 16.5. The van der Waals surface area contributed by atoms with E-state index in [0.29, 0.717) is 5.69 Å². The van der Waals surface area contributed by atoms with Crippen LogP contribution in [0, 0.1) is 0 Å². The third kappa shape index (κ3) is 6.05. The summed E-state index contributed by atoms with van der Waals surface area (Å²) < 4.78 is 5.17. The van der Waals surface area contributed by atoms with Crippen molar-refractivity contribution >= 4 is 23.4 Å². The molecule has 0 fully saturated rings. The molecule has 0 unspecified atom stereocenters. The molecule has 0 saturated heterocycles. The summed E-state index contributed by atoms with van der Waals surface area (Å²) in [6, 6.07) is 24.0. The van der Waals surface area contributed by atoms with E-state index in [0.717, 1.165) is 33.8 Å². The fourth-order valence-corrected chi connectivity index (χ4v) is 3.51. The van der Waals surface area contributed by atoms with E-state index >= 15 is 0 Å². The third-order valence-electron chi connectivity index (χ3n) is 5.47. The lowest BCUT2D eigenvalue weighted by atomic mass is 10.0. The Morgan fingerprint density at radius 1 is 0.914 bits per heavy atom. The number of ether oxygens (including phenoxy) is 1. The Morgan fingerprint density at radius 3 is 2.26 bits per heavy atom. The molecule has 4 aromatic rings. The summed E-state index contributed by atoms with van der Waals surface area (Å²) in [7, 11) is 1.88. The summed E-state index contributed by atoms with van der Waals surface area (Å²) in [4.78, 5) is 32.2. The van der Waals surface area contributed by atoms with Crippen molar-refractivity contribution in [1.29, 1.82) is 0 Å². The number of alkyl carbamates (subject to hydrolysis) is 1. The highest BCUT2D eigenvalue weighted by molar-refractivity contribution is 5.96. The van der Waals surface area contributed by atoms with Crippen molar-refractivity contribution in [2.45, 2.75) is 19.6 Å². The van der Waals surface area contributed by atoms with Crippen LogP contribution < -0.4 is 16.0 Å². The number of aromatic amines is 1. The molecule has 1 heterocycles. The van der Waals surface area contributed by atoms with Crippen LogP contribution in [0.25, 0.3) is 22.5 Å². The summed E-state index contributed by atoms with van der Waals surface area (Å²) >= 11 is 0. The predicted octanol–water partition coefficient (Wildman–Crippen LogP) is 5.04. The lowest BCUT2D eigenvalue weighted by molar-refractivity contribution is -0.117. The molecule has 0 aliphatic heterocycles. The average Bonchev–Trinajstić information content (AvgIpc) is 3.38. The van der Waals surface area contributed by atoms with Gasteiger partial charge in [-0.05, 0) is 36.8 Å². The molecule has 35 heavy (non-hydrogen) atoms. The maximum absolute atomic E-state index is 12.5. The first kappa shape index (κ1) is 23.6. The second kappa shape index (κ2) is 11.0. The quantitative estimate of drug-likeness (QED) is 0.289. The Labute approximate surface area is 203 Å². The highest BCUT2D eigenvalue weighted by Gasteiger charge is 2.17. The van der Waals surface area contributed by atoms with Crippen molar-refractivity contribution in [2.24, 2.45) is 0 Å². The molecule has 0 aliphatic rings. The van der Waals surface area contributed by atoms with Crippen molar-refractivity contribution in [3.63, 3.8) is 0 Å². The molecule has 1 aromatic heterocycles. The Morgan fingerprint density at radius 2 is 1.57 bits per heavy atom. The number of anilines is 2. The van der Waals surface area contributed by atoms with Crippen LogP contribution in [-0.4, -0.2) is 35.1 Å². The van der Waals surface area contributed by atoms with Gasteiger partial charge in [-0.1, -0.05) is 54.6 Å². The second-order valence-corrected chi connectivity index (χ2v) is 7.95. The Bertz CT molecular complexity index is 1270. The number of carbonyl (C=O) groups excluding carboxylic acids is 2. The Kier molecular flexibility index (Phi) is 7.42. The number of nitrogens with zero attached hydrogens (tertiary/aromatic N) is 1. The van der Waals surface area contributed by atoms with Crippen molar-refractivity contribution in [1.82, 2.24) is 15.3 Å². The lowest BCUT2D eigenvalue weighted by Crippen LogP contribution is -2.41. The van der Waals surface area contributed by atoms with Crippen LogP contribution in [-0.2, 0) is 16.1 Å². The van der Waals surface area contributed by atoms with Gasteiger partial charge in [-0.3, -0.25) is 4.79 Å². The van der Waals surface area contributed by atoms with Crippen LogP contribution in [0.4, 0.5) is 16.2 Å². The minimum Gasteiger partial charge on any atom is -0.445 e. The zero-order valence-electron chi connectivity index (χ0n) is 19.5. The molecule has 3 aromatic carbocycles. The molecule has 8 heteroatoms. The molecule has 1 atom stereocenters. The van der Waals surface area contributed by atoms with Gasteiger partial charge < -0.3 is 25.7 Å². The normalized spacial score (nSPS) is 11.4. The lowest BCUT2D eigenvalue weighted by Gasteiger charge is -2.14. The first-order valence-corrected chi connectivity index (χ1v) is 11.2. The van der Waals surface area contributed by atoms with Crippen LogP contribution in [0.15, 0.2) is 85.2 Å². The standard InChI is InChI=1S/C27H27N5O3/c1-18(31-27(34)35-16-19-6-4-3-5-7-19)26(33)32-23-14-10-21(11-15-23)25-24(29-17-30-25)20-8-12-22(28-2)13-9-20/h3-15,17-18,28H,16H2,1-2H3,(H,29,30)(H,31,34)(H,32,33)/t18-/m0/s1. The van der Waals surface area contributed by atoms with Gasteiger partial charge in [0.25, 0.3) is 0 Å². The summed E-state index contributed by atoms with van der Waals surface area (Å²) in [5.41, 5.74) is 6.17. The van der Waals surface area contributed by atoms with E-state index in [1.807, 2.05) is 85.9 Å². The van der Waals surface area contributed by atoms with E-state index in [2.05, 4.69) is 25.9 Å². The Balaban J connectivity index is 1.34. The van der Waals surface area contributed by atoms with Crippen LogP contribution in [0.3, 0.4) is 0 Å². The molecule has 0 aliphatic carbocycles. The van der Waals surface area contributed by atoms with E-state index in [1.54, 1.807) is 13.3 Å². The van der Waals surface area contributed by atoms with Crippen LogP contribution >= 0.6 is 0 Å². The van der Waals surface area contributed by atoms with Gasteiger partial charge in [0.05, 0.1) is 17.7 Å². The summed E-state index contributed by atoms with van der Waals surface area (Å²) in [5, 5.41) is 8.46. The van der Waals surface area contributed by atoms with Gasteiger partial charge in [-0.15, -0.1) is 0 Å². The molecular formula is C27H27N5O3. The minimum absolute atomic E-state index is 0.137. The van der Waals surface area contributed by atoms with Gasteiger partial charge in [0.2, 0.25) is 5.91 Å². The van der Waals surface area contributed by atoms with Crippen molar-refractivity contribution in [2.75, 3.05) is 17.7 Å². The number of hydrogen-bond donors (Lipinski definition) is 4. The number of rotatable bonds is 8. The van der Waals surface area contributed by atoms with Gasteiger partial charge >= 0.3 is 6.09 Å². The third-order valence-corrected chi connectivity index (χ3v) is 5.47. The first-order valence-electron chi connectivity index (χ1n) is 11.2. The smallest absolute Gasteiger partial charge is 0.408 e. The number of amides is 2. The van der Waals surface area contributed by atoms with Gasteiger partial charge in [0.1, 0.15) is 12.6 Å². The maximum atomic E-state index is 12.5. The topological polar surface area (TPSA) is 108 Å². The number of carbonyl (C=O) groups is 2. The number of hydrogen-bond acceptors (Lipinski definition) is 5. The molecule has 2 amide bonds. The molecule has 0 radical (unpaired) electrons. The van der Waals surface area contributed by atoms with Crippen LogP contribution in [0.1, 0.15) is 12.5 Å². The molecule has 4 rings (SSSR count). The largest absolute Gasteiger partial charge is 0.445 e. The number of aromatic nitrogens is 2. The summed E-state index contributed by atoms with van der Waals surface area (Å²) in [6.45, 7) is 1.74. The van der Waals surface area contributed by atoms with Crippen LogP contribution in [0.5, 0.6) is 0 Å². The van der Waals surface area contributed by atoms with E-state index in [4.69, 9.17) is 4.74 Å². The number of H-pyrrole nitrogens is 1. The van der Waals surface area contributed by atoms with E-state index in [9.17, 15) is 9.59 Å². The molecule has 8 nitrogen and oxygen atoms in total. The fourth-order valence-electron chi connectivity index (χ4n) is 3.51. The van der Waals surface area contributed by atoms with Crippen molar-refractivity contribution < 1.29 is 14.3 Å².